The molecular weight excluding hydrogens is 341 g/mol. The summed E-state index contributed by atoms with van der Waals surface area (Å²) in [5, 5.41) is 3.39. The predicted octanol–water partition coefficient (Wildman–Crippen LogP) is 4.63. The minimum atomic E-state index is -0.220. The second kappa shape index (κ2) is 8.36. The molecule has 2 saturated heterocycles. The first-order valence-electron chi connectivity index (χ1n) is 10.0. The highest BCUT2D eigenvalue weighted by atomic mass is 19.1. The molecule has 0 aliphatic carbocycles. The smallest absolute Gasteiger partial charge is 0.123 e. The molecule has 27 heavy (non-hydrogen) atoms. The molecular formula is C22H28FN3O. The van der Waals surface area contributed by atoms with Crippen LogP contribution >= 0.6 is 0 Å². The van der Waals surface area contributed by atoms with Crippen LogP contribution in [0, 0.1) is 12.7 Å². The number of hydrogen-bond acceptors (Lipinski definition) is 4. The van der Waals surface area contributed by atoms with Crippen molar-refractivity contribution in [3.8, 4) is 0 Å². The van der Waals surface area contributed by atoms with Crippen LogP contribution in [0.5, 0.6) is 0 Å². The molecule has 0 amide bonds. The van der Waals surface area contributed by atoms with Gasteiger partial charge >= 0.3 is 0 Å². The Kier molecular flexibility index (Phi) is 5.69. The predicted molar refractivity (Wildman–Crippen MR) is 106 cm³/mol. The van der Waals surface area contributed by atoms with Crippen LogP contribution in [-0.2, 0) is 4.74 Å². The van der Waals surface area contributed by atoms with Crippen molar-refractivity contribution in [2.45, 2.75) is 44.6 Å². The number of halogens is 1. The molecule has 1 aromatic heterocycles. The lowest BCUT2D eigenvalue weighted by molar-refractivity contribution is 0.0237. The molecule has 0 saturated carbocycles. The minimum absolute atomic E-state index is 0.220. The Morgan fingerprint density at radius 1 is 1.07 bits per heavy atom. The number of benzene rings is 1. The summed E-state index contributed by atoms with van der Waals surface area (Å²) in [4.78, 5) is 7.49. The minimum Gasteiger partial charge on any atom is -0.381 e. The lowest BCUT2D eigenvalue weighted by atomic mass is 9.91. The Morgan fingerprint density at radius 3 is 2.63 bits per heavy atom. The molecule has 5 heteroatoms. The third-order valence-corrected chi connectivity index (χ3v) is 5.68. The van der Waals surface area contributed by atoms with E-state index in [2.05, 4.69) is 16.3 Å². The van der Waals surface area contributed by atoms with E-state index in [-0.39, 0.29) is 5.82 Å². The Bertz CT molecular complexity index is 759. The largest absolute Gasteiger partial charge is 0.381 e. The molecule has 2 fully saturated rings. The van der Waals surface area contributed by atoms with Gasteiger partial charge in [0.15, 0.2) is 0 Å². The number of nitrogens with one attached hydrogen (secondary N) is 1. The van der Waals surface area contributed by atoms with Crippen LogP contribution in [0.2, 0.25) is 0 Å². The van der Waals surface area contributed by atoms with E-state index in [4.69, 9.17) is 9.72 Å². The van der Waals surface area contributed by atoms with Crippen molar-refractivity contribution in [1.29, 1.82) is 0 Å². The van der Waals surface area contributed by atoms with Crippen LogP contribution < -0.4 is 5.32 Å². The SMILES string of the molecule is Cc1cc(Nc2ccc(F)cc2)cc([C@@H]2CCCN(C3CCOCC3)C2)n1. The summed E-state index contributed by atoms with van der Waals surface area (Å²) in [6, 6.07) is 11.3. The second-order valence-electron chi connectivity index (χ2n) is 7.73. The number of aryl methyl sites for hydroxylation is 1. The van der Waals surface area contributed by atoms with Gasteiger partial charge in [0.2, 0.25) is 0 Å². The third kappa shape index (κ3) is 4.66. The molecule has 0 spiro atoms. The molecule has 1 atom stereocenters. The first kappa shape index (κ1) is 18.4. The maximum Gasteiger partial charge on any atom is 0.123 e. The average Bonchev–Trinajstić information content (AvgIpc) is 2.70. The van der Waals surface area contributed by atoms with Crippen molar-refractivity contribution in [2.24, 2.45) is 0 Å². The number of pyridine rings is 1. The summed E-state index contributed by atoms with van der Waals surface area (Å²) in [7, 11) is 0. The number of nitrogens with zero attached hydrogens (tertiary/aromatic N) is 2. The maximum atomic E-state index is 13.1. The number of hydrogen-bond donors (Lipinski definition) is 1. The van der Waals surface area contributed by atoms with Gasteiger partial charge in [-0.05, 0) is 75.5 Å². The Balaban J connectivity index is 1.49. The summed E-state index contributed by atoms with van der Waals surface area (Å²) in [6.45, 7) is 6.09. The Hall–Kier alpha value is -1.98. The standard InChI is InChI=1S/C22H28FN3O/c1-16-13-20(25-19-6-4-18(23)5-7-19)14-22(24-16)17-3-2-10-26(15-17)21-8-11-27-12-9-21/h4-7,13-14,17,21H,2-3,8-12,15H2,1H3,(H,24,25)/t17-/m1/s1. The van der Waals surface area contributed by atoms with Gasteiger partial charge in [-0.15, -0.1) is 0 Å². The van der Waals surface area contributed by atoms with E-state index in [9.17, 15) is 4.39 Å². The van der Waals surface area contributed by atoms with Crippen molar-refractivity contribution in [3.63, 3.8) is 0 Å². The molecule has 0 unspecified atom stereocenters. The van der Waals surface area contributed by atoms with Crippen molar-refractivity contribution < 1.29 is 9.13 Å². The number of anilines is 2. The van der Waals surface area contributed by atoms with E-state index in [1.165, 1.54) is 31.5 Å². The molecule has 2 aliphatic rings. The summed E-state index contributed by atoms with van der Waals surface area (Å²) in [5.74, 6) is 0.248. The number of piperidine rings is 1. The zero-order valence-electron chi connectivity index (χ0n) is 16.0. The molecule has 4 rings (SSSR count). The Morgan fingerprint density at radius 2 is 1.85 bits per heavy atom. The van der Waals surface area contributed by atoms with Gasteiger partial charge in [-0.3, -0.25) is 9.88 Å². The first-order chi connectivity index (χ1) is 13.2. The van der Waals surface area contributed by atoms with Crippen LogP contribution in [-0.4, -0.2) is 42.2 Å². The number of likely N-dealkylation sites (tertiary alicyclic amines) is 1. The van der Waals surface area contributed by atoms with Gasteiger partial charge in [-0.25, -0.2) is 4.39 Å². The van der Waals surface area contributed by atoms with Gasteiger partial charge in [-0.2, -0.15) is 0 Å². The molecule has 3 heterocycles. The molecule has 2 aromatic rings. The molecule has 2 aliphatic heterocycles. The summed E-state index contributed by atoms with van der Waals surface area (Å²) < 4.78 is 18.7. The quantitative estimate of drug-likeness (QED) is 0.853. The van der Waals surface area contributed by atoms with Crippen LogP contribution in [0.25, 0.3) is 0 Å². The van der Waals surface area contributed by atoms with Crippen molar-refractivity contribution in [3.05, 3.63) is 53.6 Å². The van der Waals surface area contributed by atoms with Crippen molar-refractivity contribution >= 4 is 11.4 Å². The second-order valence-corrected chi connectivity index (χ2v) is 7.73. The summed E-state index contributed by atoms with van der Waals surface area (Å²) in [5.41, 5.74) is 4.09. The Labute approximate surface area is 160 Å². The fraction of sp³-hybridized carbons (Fsp3) is 0.500. The van der Waals surface area contributed by atoms with Gasteiger partial charge in [-0.1, -0.05) is 0 Å². The van der Waals surface area contributed by atoms with Gasteiger partial charge in [0, 0.05) is 54.5 Å². The van der Waals surface area contributed by atoms with E-state index < -0.39 is 0 Å². The van der Waals surface area contributed by atoms with E-state index in [1.54, 1.807) is 12.1 Å². The fourth-order valence-electron chi connectivity index (χ4n) is 4.31. The summed E-state index contributed by atoms with van der Waals surface area (Å²) >= 11 is 0. The fourth-order valence-corrected chi connectivity index (χ4v) is 4.31. The first-order valence-corrected chi connectivity index (χ1v) is 10.0. The zero-order valence-corrected chi connectivity index (χ0v) is 16.0. The van der Waals surface area contributed by atoms with Crippen LogP contribution in [0.1, 0.15) is 43.0 Å². The topological polar surface area (TPSA) is 37.4 Å². The zero-order chi connectivity index (χ0) is 18.6. The van der Waals surface area contributed by atoms with Crippen LogP contribution in [0.4, 0.5) is 15.8 Å². The number of rotatable bonds is 4. The van der Waals surface area contributed by atoms with E-state index in [0.717, 1.165) is 55.4 Å². The monoisotopic (exact) mass is 369 g/mol. The molecule has 0 bridgehead atoms. The van der Waals surface area contributed by atoms with Gasteiger partial charge < -0.3 is 10.1 Å². The van der Waals surface area contributed by atoms with E-state index in [1.807, 2.05) is 13.0 Å². The third-order valence-electron chi connectivity index (χ3n) is 5.68. The van der Waals surface area contributed by atoms with Crippen molar-refractivity contribution in [2.75, 3.05) is 31.6 Å². The van der Waals surface area contributed by atoms with Gasteiger partial charge in [0.1, 0.15) is 5.82 Å². The lowest BCUT2D eigenvalue weighted by Crippen LogP contribution is -2.44. The van der Waals surface area contributed by atoms with Crippen LogP contribution in [0.3, 0.4) is 0 Å². The summed E-state index contributed by atoms with van der Waals surface area (Å²) in [6.07, 6.45) is 4.70. The van der Waals surface area contributed by atoms with Crippen LogP contribution in [0.15, 0.2) is 36.4 Å². The normalized spacial score (nSPS) is 21.9. The molecule has 144 valence electrons. The van der Waals surface area contributed by atoms with Gasteiger partial charge in [0.05, 0.1) is 0 Å². The average molecular weight is 369 g/mol. The van der Waals surface area contributed by atoms with Crippen molar-refractivity contribution in [1.82, 2.24) is 9.88 Å². The van der Waals surface area contributed by atoms with E-state index in [0.29, 0.717) is 12.0 Å². The molecule has 1 N–H and O–H groups in total. The highest BCUT2D eigenvalue weighted by Gasteiger charge is 2.28. The molecule has 1 aromatic carbocycles. The maximum absolute atomic E-state index is 13.1. The number of aromatic nitrogens is 1. The molecule has 4 nitrogen and oxygen atoms in total. The van der Waals surface area contributed by atoms with E-state index >= 15 is 0 Å². The number of ether oxygens (including phenoxy) is 1. The lowest BCUT2D eigenvalue weighted by Gasteiger charge is -2.39. The highest BCUT2D eigenvalue weighted by molar-refractivity contribution is 5.60. The highest BCUT2D eigenvalue weighted by Crippen LogP contribution is 2.31. The van der Waals surface area contributed by atoms with Gasteiger partial charge in [0.25, 0.3) is 0 Å². The molecule has 0 radical (unpaired) electrons.